The van der Waals surface area contributed by atoms with Gasteiger partial charge in [-0.1, -0.05) is 0 Å². The van der Waals surface area contributed by atoms with Gasteiger partial charge in [0.05, 0.1) is 52.6 Å². The van der Waals surface area contributed by atoms with Crippen LogP contribution in [-0.4, -0.2) is 52.6 Å². The van der Waals surface area contributed by atoms with Crippen LogP contribution in [0.3, 0.4) is 0 Å². The third-order valence-corrected chi connectivity index (χ3v) is 7.37. The predicted octanol–water partition coefficient (Wildman–Crippen LogP) is 3.10. The maximum Gasteiger partial charge on any atom is 0.260 e. The van der Waals surface area contributed by atoms with E-state index in [1.165, 1.54) is 16.9 Å². The highest BCUT2D eigenvalue weighted by Gasteiger charge is 2.22. The molecule has 0 aromatic carbocycles. The standard InChI is InChI=1S/C25H23N9O2S/c1-15-21(5-19(8-27-15)30-23(35)14-33-11-16-3-4-26-6-17(16)12-33)31-24(36)20-9-29-34-13-22(37-25(20)34)18-7-28-32(2)10-18/h3-10,13H,11-12,14H2,1-2H3,(H,30,35)(H,31,36). The summed E-state index contributed by atoms with van der Waals surface area (Å²) in [7, 11) is 1.86. The van der Waals surface area contributed by atoms with Gasteiger partial charge in [-0.3, -0.25) is 29.1 Å². The lowest BCUT2D eigenvalue weighted by molar-refractivity contribution is -0.117. The second-order valence-electron chi connectivity index (χ2n) is 8.95. The summed E-state index contributed by atoms with van der Waals surface area (Å²) in [6.45, 7) is 3.45. The van der Waals surface area contributed by atoms with Crippen molar-refractivity contribution in [3.8, 4) is 10.4 Å². The molecule has 5 aromatic heterocycles. The van der Waals surface area contributed by atoms with E-state index in [9.17, 15) is 9.59 Å². The summed E-state index contributed by atoms with van der Waals surface area (Å²) in [5.74, 6) is -0.449. The molecule has 37 heavy (non-hydrogen) atoms. The van der Waals surface area contributed by atoms with Gasteiger partial charge in [-0.2, -0.15) is 10.2 Å². The maximum atomic E-state index is 13.2. The van der Waals surface area contributed by atoms with Crippen molar-refractivity contribution in [2.45, 2.75) is 20.0 Å². The molecule has 0 radical (unpaired) electrons. The number of carbonyl (C=O) groups excluding carboxylic acids is 2. The average molecular weight is 514 g/mol. The fourth-order valence-electron chi connectivity index (χ4n) is 4.35. The van der Waals surface area contributed by atoms with E-state index in [4.69, 9.17) is 0 Å². The minimum absolute atomic E-state index is 0.149. The average Bonchev–Trinajstić information content (AvgIpc) is 3.63. The van der Waals surface area contributed by atoms with Crippen molar-refractivity contribution in [1.82, 2.24) is 34.3 Å². The first-order valence-electron chi connectivity index (χ1n) is 11.6. The first-order valence-corrected chi connectivity index (χ1v) is 12.4. The van der Waals surface area contributed by atoms with Gasteiger partial charge in [0, 0.05) is 50.5 Å². The highest BCUT2D eigenvalue weighted by molar-refractivity contribution is 7.21. The number of nitrogens with one attached hydrogen (secondary N) is 2. The molecule has 2 N–H and O–H groups in total. The highest BCUT2D eigenvalue weighted by atomic mass is 32.1. The Kier molecular flexibility index (Phi) is 5.74. The van der Waals surface area contributed by atoms with Crippen molar-refractivity contribution in [2.75, 3.05) is 17.2 Å². The van der Waals surface area contributed by atoms with E-state index in [-0.39, 0.29) is 18.4 Å². The van der Waals surface area contributed by atoms with E-state index in [0.717, 1.165) is 20.8 Å². The number of hydrogen-bond acceptors (Lipinski definition) is 8. The van der Waals surface area contributed by atoms with E-state index in [1.54, 1.807) is 47.0 Å². The molecule has 6 heterocycles. The minimum Gasteiger partial charge on any atom is -0.324 e. The lowest BCUT2D eigenvalue weighted by Crippen LogP contribution is -2.29. The Balaban J connectivity index is 1.14. The van der Waals surface area contributed by atoms with E-state index in [0.29, 0.717) is 35.7 Å². The molecule has 0 aliphatic carbocycles. The van der Waals surface area contributed by atoms with Crippen LogP contribution < -0.4 is 10.6 Å². The molecular weight excluding hydrogens is 490 g/mol. The third kappa shape index (κ3) is 4.59. The van der Waals surface area contributed by atoms with Gasteiger partial charge in [-0.05, 0) is 30.2 Å². The molecule has 0 spiro atoms. The highest BCUT2D eigenvalue weighted by Crippen LogP contribution is 2.30. The molecule has 12 heteroatoms. The Labute approximate surface area is 215 Å². The third-order valence-electron chi connectivity index (χ3n) is 6.21. The molecular formula is C25H23N9O2S. The summed E-state index contributed by atoms with van der Waals surface area (Å²) < 4.78 is 3.42. The van der Waals surface area contributed by atoms with E-state index >= 15 is 0 Å². The number of nitrogens with zero attached hydrogens (tertiary/aromatic N) is 7. The van der Waals surface area contributed by atoms with Crippen molar-refractivity contribution >= 4 is 39.4 Å². The van der Waals surface area contributed by atoms with E-state index < -0.39 is 0 Å². The fourth-order valence-corrected chi connectivity index (χ4v) is 5.38. The van der Waals surface area contributed by atoms with Gasteiger partial charge in [0.1, 0.15) is 4.83 Å². The number of rotatable bonds is 6. The van der Waals surface area contributed by atoms with Crippen molar-refractivity contribution in [1.29, 1.82) is 0 Å². The van der Waals surface area contributed by atoms with Gasteiger partial charge >= 0.3 is 0 Å². The Morgan fingerprint density at radius 2 is 1.92 bits per heavy atom. The van der Waals surface area contributed by atoms with Crippen LogP contribution in [-0.2, 0) is 24.9 Å². The molecule has 0 fully saturated rings. The maximum absolute atomic E-state index is 13.2. The van der Waals surface area contributed by atoms with Crippen molar-refractivity contribution in [3.05, 3.63) is 77.9 Å². The molecule has 0 bridgehead atoms. The number of aromatic nitrogens is 6. The summed E-state index contributed by atoms with van der Waals surface area (Å²) in [5.41, 5.74) is 5.42. The van der Waals surface area contributed by atoms with Crippen molar-refractivity contribution in [2.24, 2.45) is 7.05 Å². The second-order valence-corrected chi connectivity index (χ2v) is 9.99. The summed E-state index contributed by atoms with van der Waals surface area (Å²) in [6, 6.07) is 3.70. The SMILES string of the molecule is Cc1ncc(NC(=O)CN2Cc3ccncc3C2)cc1NC(=O)c1cnn2cc(-c3cnn(C)c3)sc12. The van der Waals surface area contributed by atoms with Crippen LogP contribution in [0.1, 0.15) is 27.2 Å². The minimum atomic E-state index is -0.300. The number of fused-ring (bicyclic) bond motifs is 2. The van der Waals surface area contributed by atoms with Gasteiger partial charge in [0.15, 0.2) is 0 Å². The molecule has 0 atom stereocenters. The predicted molar refractivity (Wildman–Crippen MR) is 139 cm³/mol. The number of pyridine rings is 2. The molecule has 0 unspecified atom stereocenters. The van der Waals surface area contributed by atoms with Crippen LogP contribution in [0, 0.1) is 6.92 Å². The Morgan fingerprint density at radius 3 is 2.73 bits per heavy atom. The van der Waals surface area contributed by atoms with E-state index in [1.807, 2.05) is 31.7 Å². The van der Waals surface area contributed by atoms with Crippen LogP contribution in [0.4, 0.5) is 11.4 Å². The molecule has 2 amide bonds. The molecule has 186 valence electrons. The van der Waals surface area contributed by atoms with Crippen LogP contribution in [0.25, 0.3) is 15.3 Å². The van der Waals surface area contributed by atoms with E-state index in [2.05, 4.69) is 35.7 Å². The second kappa shape index (κ2) is 9.22. The fraction of sp³-hybridized carbons (Fsp3) is 0.200. The van der Waals surface area contributed by atoms with Crippen LogP contribution in [0.2, 0.25) is 0 Å². The molecule has 0 saturated heterocycles. The molecule has 11 nitrogen and oxygen atoms in total. The Hall–Kier alpha value is -4.42. The van der Waals surface area contributed by atoms with Crippen molar-refractivity contribution in [3.63, 3.8) is 0 Å². The Morgan fingerprint density at radius 1 is 1.05 bits per heavy atom. The zero-order valence-electron chi connectivity index (χ0n) is 20.2. The van der Waals surface area contributed by atoms with Crippen LogP contribution in [0.5, 0.6) is 0 Å². The number of hydrogen-bond donors (Lipinski definition) is 2. The lowest BCUT2D eigenvalue weighted by Gasteiger charge is -2.15. The zero-order valence-corrected chi connectivity index (χ0v) is 21.0. The summed E-state index contributed by atoms with van der Waals surface area (Å²) in [6.07, 6.45) is 12.3. The van der Waals surface area contributed by atoms with Gasteiger partial charge in [-0.15, -0.1) is 11.3 Å². The first kappa shape index (κ1) is 23.0. The molecule has 5 aromatic rings. The van der Waals surface area contributed by atoms with Crippen molar-refractivity contribution < 1.29 is 9.59 Å². The first-order chi connectivity index (χ1) is 17.9. The molecule has 1 aliphatic rings. The number of carbonyl (C=O) groups is 2. The number of aryl methyl sites for hydroxylation is 2. The topological polar surface area (TPSA) is 122 Å². The monoisotopic (exact) mass is 513 g/mol. The Bertz CT molecular complexity index is 1630. The van der Waals surface area contributed by atoms with Gasteiger partial charge < -0.3 is 10.6 Å². The largest absolute Gasteiger partial charge is 0.324 e. The zero-order chi connectivity index (χ0) is 25.5. The normalized spacial score (nSPS) is 13.1. The number of anilines is 2. The van der Waals surface area contributed by atoms with Gasteiger partial charge in [-0.25, -0.2) is 4.52 Å². The van der Waals surface area contributed by atoms with Gasteiger partial charge in [0.2, 0.25) is 5.91 Å². The summed E-state index contributed by atoms with van der Waals surface area (Å²) >= 11 is 1.47. The van der Waals surface area contributed by atoms with Crippen LogP contribution >= 0.6 is 11.3 Å². The van der Waals surface area contributed by atoms with Crippen LogP contribution in [0.15, 0.2) is 55.5 Å². The summed E-state index contributed by atoms with van der Waals surface area (Å²) in [4.78, 5) is 38.1. The molecule has 6 rings (SSSR count). The number of amides is 2. The smallest absolute Gasteiger partial charge is 0.260 e. The molecule has 0 saturated carbocycles. The quantitative estimate of drug-likeness (QED) is 0.358. The number of thiazole rings is 1. The molecule has 1 aliphatic heterocycles. The van der Waals surface area contributed by atoms with Gasteiger partial charge in [0.25, 0.3) is 5.91 Å². The summed E-state index contributed by atoms with van der Waals surface area (Å²) in [5, 5.41) is 14.4. The lowest BCUT2D eigenvalue weighted by atomic mass is 10.2.